The number of likely N-dealkylation sites (N-methyl/N-ethyl adjacent to an activating group) is 1. The van der Waals surface area contributed by atoms with Gasteiger partial charge in [0.05, 0.1) is 6.10 Å². The third-order valence-electron chi connectivity index (χ3n) is 4.64. The molecule has 1 aromatic rings. The second-order valence-electron chi connectivity index (χ2n) is 6.62. The van der Waals surface area contributed by atoms with Gasteiger partial charge in [-0.3, -0.25) is 4.98 Å². The van der Waals surface area contributed by atoms with Crippen LogP contribution in [0.1, 0.15) is 32.4 Å². The van der Waals surface area contributed by atoms with Crippen LogP contribution in [-0.2, 0) is 6.42 Å². The maximum atomic E-state index is 10.3. The van der Waals surface area contributed by atoms with Gasteiger partial charge in [-0.15, -0.1) is 0 Å². The lowest BCUT2D eigenvalue weighted by atomic mass is 9.73. The van der Waals surface area contributed by atoms with Crippen LogP contribution in [0.3, 0.4) is 0 Å². The first-order valence-corrected chi connectivity index (χ1v) is 7.82. The smallest absolute Gasteiger partial charge is 0.0585 e. The van der Waals surface area contributed by atoms with E-state index in [-0.39, 0.29) is 6.10 Å². The summed E-state index contributed by atoms with van der Waals surface area (Å²) in [5.74, 6) is 1.70. The number of aliphatic hydroxyl groups is 1. The summed E-state index contributed by atoms with van der Waals surface area (Å²) in [4.78, 5) is 6.70. The largest absolute Gasteiger partial charge is 0.393 e. The zero-order valence-electron chi connectivity index (χ0n) is 13.0. The molecule has 1 N–H and O–H groups in total. The lowest BCUT2D eigenvalue weighted by molar-refractivity contribution is 0.00175. The van der Waals surface area contributed by atoms with Crippen molar-refractivity contribution in [1.29, 1.82) is 0 Å². The fourth-order valence-corrected chi connectivity index (χ4v) is 3.48. The van der Waals surface area contributed by atoms with Gasteiger partial charge in [-0.25, -0.2) is 0 Å². The maximum absolute atomic E-state index is 10.3. The Morgan fingerprint density at radius 3 is 2.75 bits per heavy atom. The molecule has 0 aromatic carbocycles. The van der Waals surface area contributed by atoms with Crippen LogP contribution in [-0.4, -0.2) is 41.2 Å². The first-order valence-electron chi connectivity index (χ1n) is 7.82. The van der Waals surface area contributed by atoms with Gasteiger partial charge in [-0.05, 0) is 43.9 Å². The number of aliphatic hydroxyl groups excluding tert-OH is 1. The van der Waals surface area contributed by atoms with Crippen LogP contribution < -0.4 is 0 Å². The zero-order chi connectivity index (χ0) is 14.5. The molecule has 1 aliphatic carbocycles. The number of hydrogen-bond acceptors (Lipinski definition) is 3. The van der Waals surface area contributed by atoms with Gasteiger partial charge < -0.3 is 10.0 Å². The van der Waals surface area contributed by atoms with Crippen LogP contribution in [0.2, 0.25) is 0 Å². The molecule has 4 atom stereocenters. The van der Waals surface area contributed by atoms with Gasteiger partial charge in [0.2, 0.25) is 0 Å². The van der Waals surface area contributed by atoms with Crippen LogP contribution in [0.25, 0.3) is 0 Å². The van der Waals surface area contributed by atoms with E-state index in [2.05, 4.69) is 36.8 Å². The molecule has 1 saturated carbocycles. The Morgan fingerprint density at radius 2 is 2.10 bits per heavy atom. The van der Waals surface area contributed by atoms with Crippen molar-refractivity contribution in [2.24, 2.45) is 17.8 Å². The average molecular weight is 276 g/mol. The highest BCUT2D eigenvalue weighted by molar-refractivity contribution is 5.03. The summed E-state index contributed by atoms with van der Waals surface area (Å²) in [7, 11) is 2.15. The molecule has 1 aliphatic rings. The molecule has 20 heavy (non-hydrogen) atoms. The van der Waals surface area contributed by atoms with Crippen molar-refractivity contribution in [3.63, 3.8) is 0 Å². The van der Waals surface area contributed by atoms with E-state index in [9.17, 15) is 5.11 Å². The predicted molar refractivity (Wildman–Crippen MR) is 82.5 cm³/mol. The van der Waals surface area contributed by atoms with Crippen molar-refractivity contribution < 1.29 is 5.11 Å². The van der Waals surface area contributed by atoms with Gasteiger partial charge in [-0.2, -0.15) is 0 Å². The van der Waals surface area contributed by atoms with Crippen LogP contribution in [0, 0.1) is 17.8 Å². The van der Waals surface area contributed by atoms with Gasteiger partial charge >= 0.3 is 0 Å². The predicted octanol–water partition coefficient (Wildman–Crippen LogP) is 2.60. The number of nitrogens with zero attached hydrogens (tertiary/aromatic N) is 2. The SMILES string of the molecule is CC1CC(C)C(CN(C)CCc2ccccn2)C(O)C1. The molecular formula is C17H28N2O. The molecule has 3 heteroatoms. The van der Waals surface area contributed by atoms with Gasteiger partial charge in [0.1, 0.15) is 0 Å². The summed E-state index contributed by atoms with van der Waals surface area (Å²) in [6.45, 7) is 6.53. The molecule has 0 amide bonds. The maximum Gasteiger partial charge on any atom is 0.0585 e. The summed E-state index contributed by atoms with van der Waals surface area (Å²) >= 11 is 0. The fourth-order valence-electron chi connectivity index (χ4n) is 3.48. The molecule has 3 nitrogen and oxygen atoms in total. The molecule has 112 valence electrons. The number of rotatable bonds is 5. The highest BCUT2D eigenvalue weighted by atomic mass is 16.3. The van der Waals surface area contributed by atoms with Gasteiger partial charge in [0, 0.05) is 37.3 Å². The quantitative estimate of drug-likeness (QED) is 0.898. The van der Waals surface area contributed by atoms with Gasteiger partial charge in [0.15, 0.2) is 0 Å². The van der Waals surface area contributed by atoms with Crippen molar-refractivity contribution in [1.82, 2.24) is 9.88 Å². The van der Waals surface area contributed by atoms with E-state index in [0.717, 1.165) is 31.6 Å². The Bertz CT molecular complexity index is 383. The summed E-state index contributed by atoms with van der Waals surface area (Å²) in [6, 6.07) is 6.07. The highest BCUT2D eigenvalue weighted by Crippen LogP contribution is 2.34. The minimum absolute atomic E-state index is 0.133. The van der Waals surface area contributed by atoms with Crippen LogP contribution >= 0.6 is 0 Å². The fraction of sp³-hybridized carbons (Fsp3) is 0.706. The Hall–Kier alpha value is -0.930. The molecule has 1 heterocycles. The van der Waals surface area contributed by atoms with Crippen molar-refractivity contribution in [3.05, 3.63) is 30.1 Å². The normalized spacial score (nSPS) is 30.6. The number of pyridine rings is 1. The number of aromatic nitrogens is 1. The highest BCUT2D eigenvalue weighted by Gasteiger charge is 2.33. The first kappa shape index (κ1) is 15.5. The lowest BCUT2D eigenvalue weighted by Gasteiger charge is -2.39. The lowest BCUT2D eigenvalue weighted by Crippen LogP contribution is -2.41. The third kappa shape index (κ3) is 4.29. The molecule has 0 aliphatic heterocycles. The second kappa shape index (κ2) is 7.19. The Labute approximate surface area is 123 Å². The van der Waals surface area contributed by atoms with Crippen molar-refractivity contribution in [3.8, 4) is 0 Å². The zero-order valence-corrected chi connectivity index (χ0v) is 13.0. The second-order valence-corrected chi connectivity index (χ2v) is 6.62. The molecule has 0 bridgehead atoms. The molecular weight excluding hydrogens is 248 g/mol. The molecule has 4 unspecified atom stereocenters. The van der Waals surface area contributed by atoms with Crippen molar-refractivity contribution >= 4 is 0 Å². The Kier molecular flexibility index (Phi) is 5.55. The molecule has 1 aromatic heterocycles. The molecule has 0 saturated heterocycles. The van der Waals surface area contributed by atoms with Crippen molar-refractivity contribution in [2.75, 3.05) is 20.1 Å². The standard InChI is InChI=1S/C17H28N2O/c1-13-10-14(2)16(17(20)11-13)12-19(3)9-7-15-6-4-5-8-18-15/h4-6,8,13-14,16-17,20H,7,9-12H2,1-3H3. The minimum Gasteiger partial charge on any atom is -0.393 e. The van der Waals surface area contributed by atoms with E-state index >= 15 is 0 Å². The monoisotopic (exact) mass is 276 g/mol. The average Bonchev–Trinajstić information content (AvgIpc) is 2.42. The van der Waals surface area contributed by atoms with E-state index < -0.39 is 0 Å². The summed E-state index contributed by atoms with van der Waals surface area (Å²) < 4.78 is 0. The van der Waals surface area contributed by atoms with Crippen LogP contribution in [0.5, 0.6) is 0 Å². The topological polar surface area (TPSA) is 36.4 Å². The van der Waals surface area contributed by atoms with E-state index in [1.807, 2.05) is 18.3 Å². The summed E-state index contributed by atoms with van der Waals surface area (Å²) in [6.07, 6.45) is 4.90. The van der Waals surface area contributed by atoms with Gasteiger partial charge in [-0.1, -0.05) is 19.9 Å². The summed E-state index contributed by atoms with van der Waals surface area (Å²) in [5, 5.41) is 10.3. The molecule has 1 fully saturated rings. The molecule has 0 spiro atoms. The van der Waals surface area contributed by atoms with Gasteiger partial charge in [0.25, 0.3) is 0 Å². The van der Waals surface area contributed by atoms with Crippen LogP contribution in [0.4, 0.5) is 0 Å². The molecule has 2 rings (SSSR count). The Balaban J connectivity index is 1.80. The van der Waals surface area contributed by atoms with E-state index in [1.165, 1.54) is 6.42 Å². The van der Waals surface area contributed by atoms with Crippen LogP contribution in [0.15, 0.2) is 24.4 Å². The first-order chi connectivity index (χ1) is 9.56. The molecule has 0 radical (unpaired) electrons. The van der Waals surface area contributed by atoms with Crippen molar-refractivity contribution in [2.45, 2.75) is 39.2 Å². The number of hydrogen-bond donors (Lipinski definition) is 1. The van der Waals surface area contributed by atoms with E-state index in [4.69, 9.17) is 0 Å². The minimum atomic E-state index is -0.133. The van der Waals surface area contributed by atoms with E-state index in [0.29, 0.717) is 17.8 Å². The van der Waals surface area contributed by atoms with E-state index in [1.54, 1.807) is 0 Å². The third-order valence-corrected chi connectivity index (χ3v) is 4.64. The summed E-state index contributed by atoms with van der Waals surface area (Å²) in [5.41, 5.74) is 1.14. The Morgan fingerprint density at radius 1 is 1.30 bits per heavy atom.